The molecular formula is C8H9F2IN2O. The third-order valence-electron chi connectivity index (χ3n) is 1.78. The predicted molar refractivity (Wildman–Crippen MR) is 55.7 cm³/mol. The molecule has 1 heterocycles. The molecule has 3 N–H and O–H groups in total. The molecule has 1 aromatic heterocycles. The average Bonchev–Trinajstić information content (AvgIpc) is 2.16. The zero-order chi connectivity index (χ0) is 10.7. The van der Waals surface area contributed by atoms with Gasteiger partial charge in [0.25, 0.3) is 6.43 Å². The number of aliphatic hydroxyl groups excluding tert-OH is 1. The number of alkyl halides is 2. The van der Waals surface area contributed by atoms with Crippen molar-refractivity contribution in [3.05, 3.63) is 26.6 Å². The monoisotopic (exact) mass is 314 g/mol. The van der Waals surface area contributed by atoms with Crippen LogP contribution in [0.4, 0.5) is 8.78 Å². The zero-order valence-electron chi connectivity index (χ0n) is 7.17. The Morgan fingerprint density at radius 3 is 2.64 bits per heavy atom. The van der Waals surface area contributed by atoms with Crippen LogP contribution in [-0.2, 0) is 13.2 Å². The van der Waals surface area contributed by atoms with Gasteiger partial charge in [-0.2, -0.15) is 0 Å². The largest absolute Gasteiger partial charge is 0.390 e. The Balaban J connectivity index is 3.23. The van der Waals surface area contributed by atoms with E-state index < -0.39 is 6.43 Å². The van der Waals surface area contributed by atoms with Crippen LogP contribution < -0.4 is 5.73 Å². The minimum atomic E-state index is -2.56. The van der Waals surface area contributed by atoms with Gasteiger partial charge in [-0.15, -0.1) is 0 Å². The van der Waals surface area contributed by atoms with Gasteiger partial charge in [-0.1, -0.05) is 0 Å². The molecule has 1 aromatic rings. The summed E-state index contributed by atoms with van der Waals surface area (Å²) in [5.41, 5.74) is 6.03. The molecule has 6 heteroatoms. The summed E-state index contributed by atoms with van der Waals surface area (Å²) in [6.07, 6.45) is -2.56. The van der Waals surface area contributed by atoms with Gasteiger partial charge in [-0.25, -0.2) is 13.8 Å². The quantitative estimate of drug-likeness (QED) is 0.658. The Morgan fingerprint density at radius 1 is 1.57 bits per heavy atom. The van der Waals surface area contributed by atoms with E-state index in [9.17, 15) is 8.78 Å². The van der Waals surface area contributed by atoms with Crippen LogP contribution in [0.5, 0.6) is 0 Å². The molecule has 0 aliphatic rings. The van der Waals surface area contributed by atoms with E-state index in [4.69, 9.17) is 10.8 Å². The van der Waals surface area contributed by atoms with Gasteiger partial charge < -0.3 is 10.8 Å². The van der Waals surface area contributed by atoms with E-state index in [1.807, 2.05) is 0 Å². The van der Waals surface area contributed by atoms with Gasteiger partial charge in [0.05, 0.1) is 12.3 Å². The number of aromatic nitrogens is 1. The molecule has 0 bridgehead atoms. The lowest BCUT2D eigenvalue weighted by atomic mass is 10.1. The van der Waals surface area contributed by atoms with E-state index in [0.29, 0.717) is 11.3 Å². The maximum Gasteiger partial charge on any atom is 0.266 e. The van der Waals surface area contributed by atoms with Crippen LogP contribution in [-0.4, -0.2) is 10.1 Å². The number of rotatable bonds is 3. The Hall–Kier alpha value is -0.340. The minimum absolute atomic E-state index is 0.0968. The Labute approximate surface area is 93.5 Å². The van der Waals surface area contributed by atoms with Crippen molar-refractivity contribution in [3.8, 4) is 0 Å². The topological polar surface area (TPSA) is 59.1 Å². The van der Waals surface area contributed by atoms with Crippen LogP contribution in [0.25, 0.3) is 0 Å². The molecule has 0 aliphatic heterocycles. The Morgan fingerprint density at radius 2 is 2.21 bits per heavy atom. The molecule has 3 nitrogen and oxygen atoms in total. The summed E-state index contributed by atoms with van der Waals surface area (Å²) in [4.78, 5) is 3.86. The molecule has 1 rings (SSSR count). The number of nitrogens with two attached hydrogens (primary N) is 1. The first-order valence-electron chi connectivity index (χ1n) is 3.87. The van der Waals surface area contributed by atoms with Gasteiger partial charge in [0.15, 0.2) is 0 Å². The van der Waals surface area contributed by atoms with Crippen molar-refractivity contribution in [2.45, 2.75) is 19.6 Å². The fourth-order valence-electron chi connectivity index (χ4n) is 1.05. The van der Waals surface area contributed by atoms with Gasteiger partial charge in [-0.3, -0.25) is 0 Å². The molecule has 0 atom stereocenters. The highest BCUT2D eigenvalue weighted by Gasteiger charge is 2.15. The number of pyridine rings is 1. The van der Waals surface area contributed by atoms with Crippen molar-refractivity contribution in [3.63, 3.8) is 0 Å². The standard InChI is InChI=1S/C8H9F2IN2O/c9-7(10)5-1-4(2-12)6(3-14)13-8(5)11/h1,7,14H,2-3,12H2. The van der Waals surface area contributed by atoms with Crippen LogP contribution in [0.2, 0.25) is 0 Å². The summed E-state index contributed by atoms with van der Waals surface area (Å²) in [6.45, 7) is -0.189. The van der Waals surface area contributed by atoms with Crippen molar-refractivity contribution in [1.29, 1.82) is 0 Å². The smallest absolute Gasteiger partial charge is 0.266 e. The molecule has 0 saturated heterocycles. The summed E-state index contributed by atoms with van der Waals surface area (Å²) in [5.74, 6) is 0. The van der Waals surface area contributed by atoms with Gasteiger partial charge >= 0.3 is 0 Å². The number of halogens is 3. The van der Waals surface area contributed by atoms with Crippen LogP contribution >= 0.6 is 22.6 Å². The van der Waals surface area contributed by atoms with Crippen molar-refractivity contribution in [2.24, 2.45) is 5.73 Å². The molecule has 0 amide bonds. The van der Waals surface area contributed by atoms with Crippen molar-refractivity contribution < 1.29 is 13.9 Å². The number of aliphatic hydroxyl groups is 1. The SMILES string of the molecule is NCc1cc(C(F)F)c(I)nc1CO. The van der Waals surface area contributed by atoms with Crippen LogP contribution in [0.3, 0.4) is 0 Å². The third-order valence-corrected chi connectivity index (χ3v) is 2.64. The third kappa shape index (κ3) is 2.37. The highest BCUT2D eigenvalue weighted by Crippen LogP contribution is 2.25. The number of hydrogen-bond donors (Lipinski definition) is 2. The fraction of sp³-hybridized carbons (Fsp3) is 0.375. The summed E-state index contributed by atoms with van der Waals surface area (Å²) in [6, 6.07) is 1.30. The fourth-order valence-corrected chi connectivity index (χ4v) is 1.73. The van der Waals surface area contributed by atoms with Gasteiger partial charge in [-0.05, 0) is 34.2 Å². The van der Waals surface area contributed by atoms with E-state index >= 15 is 0 Å². The maximum absolute atomic E-state index is 12.4. The van der Waals surface area contributed by atoms with Gasteiger partial charge in [0.2, 0.25) is 0 Å². The number of nitrogens with zero attached hydrogens (tertiary/aromatic N) is 1. The Kier molecular flexibility index (Phi) is 4.14. The van der Waals surface area contributed by atoms with E-state index in [1.165, 1.54) is 6.07 Å². The van der Waals surface area contributed by atoms with Crippen molar-refractivity contribution >= 4 is 22.6 Å². The van der Waals surface area contributed by atoms with Crippen molar-refractivity contribution in [1.82, 2.24) is 4.98 Å². The Bertz CT molecular complexity index is 333. The normalized spacial score (nSPS) is 11.0. The summed E-state index contributed by atoms with van der Waals surface area (Å²) in [5, 5.41) is 8.89. The summed E-state index contributed by atoms with van der Waals surface area (Å²) >= 11 is 1.71. The lowest BCUT2D eigenvalue weighted by Gasteiger charge is -2.09. The van der Waals surface area contributed by atoms with E-state index in [1.54, 1.807) is 22.6 Å². The van der Waals surface area contributed by atoms with Crippen LogP contribution in [0.15, 0.2) is 6.07 Å². The van der Waals surface area contributed by atoms with Crippen molar-refractivity contribution in [2.75, 3.05) is 0 Å². The van der Waals surface area contributed by atoms with E-state index in [0.717, 1.165) is 0 Å². The highest BCUT2D eigenvalue weighted by atomic mass is 127. The minimum Gasteiger partial charge on any atom is -0.390 e. The first-order chi connectivity index (χ1) is 6.60. The van der Waals surface area contributed by atoms with E-state index in [-0.39, 0.29) is 22.4 Å². The lowest BCUT2D eigenvalue weighted by Crippen LogP contribution is -2.08. The zero-order valence-corrected chi connectivity index (χ0v) is 9.33. The van der Waals surface area contributed by atoms with E-state index in [2.05, 4.69) is 4.98 Å². The first-order valence-corrected chi connectivity index (χ1v) is 4.95. The second-order valence-electron chi connectivity index (χ2n) is 2.64. The highest BCUT2D eigenvalue weighted by molar-refractivity contribution is 14.1. The number of hydrogen-bond acceptors (Lipinski definition) is 3. The molecule has 0 spiro atoms. The molecule has 0 aromatic carbocycles. The average molecular weight is 314 g/mol. The van der Waals surface area contributed by atoms with Gasteiger partial charge in [0.1, 0.15) is 3.70 Å². The molecular weight excluding hydrogens is 305 g/mol. The molecule has 0 fully saturated rings. The predicted octanol–water partition coefficient (Wildman–Crippen LogP) is 1.57. The van der Waals surface area contributed by atoms with Crippen LogP contribution in [0, 0.1) is 3.70 Å². The van der Waals surface area contributed by atoms with Crippen LogP contribution in [0.1, 0.15) is 23.2 Å². The molecule has 78 valence electrons. The molecule has 0 radical (unpaired) electrons. The molecule has 14 heavy (non-hydrogen) atoms. The summed E-state index contributed by atoms with van der Waals surface area (Å²) < 4.78 is 25.1. The molecule has 0 unspecified atom stereocenters. The lowest BCUT2D eigenvalue weighted by molar-refractivity contribution is 0.149. The second-order valence-corrected chi connectivity index (χ2v) is 3.66. The molecule has 0 saturated carbocycles. The van der Waals surface area contributed by atoms with Gasteiger partial charge in [0, 0.05) is 12.1 Å². The molecule has 0 aliphatic carbocycles. The maximum atomic E-state index is 12.4. The summed E-state index contributed by atoms with van der Waals surface area (Å²) in [7, 11) is 0. The second kappa shape index (κ2) is 4.94. The first kappa shape index (κ1) is 11.7.